The van der Waals surface area contributed by atoms with Crippen molar-refractivity contribution >= 4 is 27.7 Å². The highest BCUT2D eigenvalue weighted by molar-refractivity contribution is 9.10. The second kappa shape index (κ2) is 6.24. The second-order valence-electron chi connectivity index (χ2n) is 7.26. The zero-order valence-corrected chi connectivity index (χ0v) is 15.6. The molecule has 0 aliphatic carbocycles. The fourth-order valence-electron chi connectivity index (χ4n) is 2.71. The molecular formula is C17H24BrN3O2. The third-order valence-electron chi connectivity index (χ3n) is 4.19. The Hall–Kier alpha value is -1.40. The maximum absolute atomic E-state index is 12.6. The first-order valence-electron chi connectivity index (χ1n) is 7.68. The number of hydrogen-bond acceptors (Lipinski definition) is 3. The van der Waals surface area contributed by atoms with Crippen molar-refractivity contribution in [3.8, 4) is 0 Å². The van der Waals surface area contributed by atoms with Gasteiger partial charge in [0, 0.05) is 23.0 Å². The molecule has 1 aromatic rings. The molecule has 1 aliphatic heterocycles. The van der Waals surface area contributed by atoms with Crippen LogP contribution in [0.3, 0.4) is 0 Å². The minimum atomic E-state index is -1.14. The van der Waals surface area contributed by atoms with Crippen molar-refractivity contribution in [1.82, 2.24) is 10.2 Å². The first kappa shape index (κ1) is 17.9. The van der Waals surface area contributed by atoms with Gasteiger partial charge in [0.15, 0.2) is 0 Å². The maximum Gasteiger partial charge on any atom is 0.244 e. The zero-order chi connectivity index (χ0) is 17.4. The second-order valence-corrected chi connectivity index (χ2v) is 8.17. The molecular weight excluding hydrogens is 358 g/mol. The predicted molar refractivity (Wildman–Crippen MR) is 93.7 cm³/mol. The number of halogens is 1. The largest absolute Gasteiger partial charge is 0.349 e. The third kappa shape index (κ3) is 3.93. The van der Waals surface area contributed by atoms with Gasteiger partial charge in [-0.1, -0.05) is 28.1 Å². The highest BCUT2D eigenvalue weighted by Gasteiger charge is 2.39. The van der Waals surface area contributed by atoms with Crippen molar-refractivity contribution in [2.45, 2.75) is 51.2 Å². The van der Waals surface area contributed by atoms with Crippen molar-refractivity contribution in [3.63, 3.8) is 0 Å². The Morgan fingerprint density at radius 3 is 2.30 bits per heavy atom. The molecule has 2 amide bonds. The Kier molecular flexibility index (Phi) is 4.87. The van der Waals surface area contributed by atoms with Crippen LogP contribution in [0.25, 0.3) is 0 Å². The van der Waals surface area contributed by atoms with Gasteiger partial charge in [0.1, 0.15) is 5.54 Å². The summed E-state index contributed by atoms with van der Waals surface area (Å²) in [6, 6.07) is 7.16. The molecule has 0 bridgehead atoms. The molecule has 3 N–H and O–H groups in total. The highest BCUT2D eigenvalue weighted by atomic mass is 79.9. The lowest BCUT2D eigenvalue weighted by molar-refractivity contribution is -0.131. The van der Waals surface area contributed by atoms with E-state index in [1.165, 1.54) is 0 Å². The summed E-state index contributed by atoms with van der Waals surface area (Å²) in [5, 5.41) is 2.93. The number of rotatable bonds is 3. The predicted octanol–water partition coefficient (Wildman–Crippen LogP) is 2.14. The number of amides is 2. The molecule has 23 heavy (non-hydrogen) atoms. The van der Waals surface area contributed by atoms with Gasteiger partial charge >= 0.3 is 0 Å². The van der Waals surface area contributed by atoms with E-state index < -0.39 is 5.54 Å². The topological polar surface area (TPSA) is 75.4 Å². The van der Waals surface area contributed by atoms with Gasteiger partial charge in [-0.15, -0.1) is 0 Å². The number of hydrogen-bond donors (Lipinski definition) is 2. The van der Waals surface area contributed by atoms with Crippen LogP contribution >= 0.6 is 15.9 Å². The van der Waals surface area contributed by atoms with Crippen LogP contribution in [0.4, 0.5) is 0 Å². The number of likely N-dealkylation sites (tertiary alicyclic amines) is 1. The molecule has 1 fully saturated rings. The van der Waals surface area contributed by atoms with Crippen LogP contribution in [0.2, 0.25) is 0 Å². The van der Waals surface area contributed by atoms with Crippen LogP contribution in [0.1, 0.15) is 39.7 Å². The van der Waals surface area contributed by atoms with Gasteiger partial charge in [-0.25, -0.2) is 0 Å². The molecule has 2 unspecified atom stereocenters. The standard InChI is InChI=1S/C17H24BrN3O2/c1-16(2,3)21-10-13(9-14(21)22)20-15(23)17(4,19)11-5-7-12(18)8-6-11/h5-8,13H,9-10,19H2,1-4H3,(H,20,23). The molecule has 0 saturated carbocycles. The summed E-state index contributed by atoms with van der Waals surface area (Å²) >= 11 is 3.37. The van der Waals surface area contributed by atoms with Crippen LogP contribution in [-0.2, 0) is 15.1 Å². The minimum Gasteiger partial charge on any atom is -0.349 e. The van der Waals surface area contributed by atoms with Gasteiger partial charge in [-0.2, -0.15) is 0 Å². The normalized spacial score (nSPS) is 21.2. The smallest absolute Gasteiger partial charge is 0.244 e. The molecule has 0 spiro atoms. The van der Waals surface area contributed by atoms with Gasteiger partial charge in [0.25, 0.3) is 0 Å². The summed E-state index contributed by atoms with van der Waals surface area (Å²) in [6.07, 6.45) is 0.319. The van der Waals surface area contributed by atoms with Crippen LogP contribution in [0.5, 0.6) is 0 Å². The van der Waals surface area contributed by atoms with Crippen LogP contribution in [0.15, 0.2) is 28.7 Å². The summed E-state index contributed by atoms with van der Waals surface area (Å²) in [6.45, 7) is 8.17. The van der Waals surface area contributed by atoms with E-state index in [1.807, 2.05) is 45.0 Å². The summed E-state index contributed by atoms with van der Waals surface area (Å²) in [5.74, 6) is -0.210. The summed E-state index contributed by atoms with van der Waals surface area (Å²) in [5.41, 5.74) is 5.59. The van der Waals surface area contributed by atoms with Crippen LogP contribution in [-0.4, -0.2) is 34.8 Å². The fourth-order valence-corrected chi connectivity index (χ4v) is 2.98. The Morgan fingerprint density at radius 1 is 1.26 bits per heavy atom. The Bertz CT molecular complexity index is 605. The number of carbonyl (C=O) groups excluding carboxylic acids is 2. The molecule has 0 aromatic heterocycles. The van der Waals surface area contributed by atoms with E-state index in [2.05, 4.69) is 21.2 Å². The number of nitrogens with two attached hydrogens (primary N) is 1. The minimum absolute atomic E-state index is 0.0603. The third-order valence-corrected chi connectivity index (χ3v) is 4.71. The Balaban J connectivity index is 2.07. The fraction of sp³-hybridized carbons (Fsp3) is 0.529. The average molecular weight is 382 g/mol. The zero-order valence-electron chi connectivity index (χ0n) is 14.0. The van der Waals surface area contributed by atoms with E-state index in [9.17, 15) is 9.59 Å². The lowest BCUT2D eigenvalue weighted by Crippen LogP contribution is -2.53. The molecule has 5 nitrogen and oxygen atoms in total. The Labute approximate surface area is 145 Å². The number of carbonyl (C=O) groups is 2. The molecule has 6 heteroatoms. The molecule has 2 atom stereocenters. The highest BCUT2D eigenvalue weighted by Crippen LogP contribution is 2.24. The molecule has 1 aromatic carbocycles. The first-order valence-corrected chi connectivity index (χ1v) is 8.47. The molecule has 1 aliphatic rings. The van der Waals surface area contributed by atoms with Gasteiger partial charge in [-0.05, 0) is 45.4 Å². The number of benzene rings is 1. The van der Waals surface area contributed by atoms with Crippen LogP contribution < -0.4 is 11.1 Å². The van der Waals surface area contributed by atoms with Crippen molar-refractivity contribution < 1.29 is 9.59 Å². The lowest BCUT2D eigenvalue weighted by Gasteiger charge is -2.32. The van der Waals surface area contributed by atoms with E-state index in [-0.39, 0.29) is 23.4 Å². The van der Waals surface area contributed by atoms with E-state index in [1.54, 1.807) is 11.8 Å². The van der Waals surface area contributed by atoms with Gasteiger partial charge < -0.3 is 16.0 Å². The molecule has 2 rings (SSSR count). The lowest BCUT2D eigenvalue weighted by atomic mass is 9.92. The van der Waals surface area contributed by atoms with Crippen molar-refractivity contribution in [1.29, 1.82) is 0 Å². The van der Waals surface area contributed by atoms with E-state index >= 15 is 0 Å². The quantitative estimate of drug-likeness (QED) is 0.841. The van der Waals surface area contributed by atoms with Gasteiger partial charge in [-0.3, -0.25) is 9.59 Å². The SMILES string of the molecule is CC(N)(C(=O)NC1CC(=O)N(C(C)(C)C)C1)c1ccc(Br)cc1. The van der Waals surface area contributed by atoms with E-state index in [4.69, 9.17) is 5.73 Å². The molecule has 1 saturated heterocycles. The van der Waals surface area contributed by atoms with Crippen LogP contribution in [0, 0.1) is 0 Å². The summed E-state index contributed by atoms with van der Waals surface area (Å²) in [7, 11) is 0. The average Bonchev–Trinajstić information content (AvgIpc) is 2.80. The molecule has 0 radical (unpaired) electrons. The van der Waals surface area contributed by atoms with E-state index in [0.29, 0.717) is 13.0 Å². The van der Waals surface area contributed by atoms with Gasteiger partial charge in [0.2, 0.25) is 11.8 Å². The number of nitrogens with zero attached hydrogens (tertiary/aromatic N) is 1. The van der Waals surface area contributed by atoms with E-state index in [0.717, 1.165) is 10.0 Å². The maximum atomic E-state index is 12.6. The molecule has 1 heterocycles. The summed E-state index contributed by atoms with van der Waals surface area (Å²) in [4.78, 5) is 26.5. The number of nitrogens with one attached hydrogen (secondary N) is 1. The van der Waals surface area contributed by atoms with Gasteiger partial charge in [0.05, 0.1) is 6.04 Å². The van der Waals surface area contributed by atoms with Crippen molar-refractivity contribution in [2.75, 3.05) is 6.54 Å². The van der Waals surface area contributed by atoms with Crippen molar-refractivity contribution in [3.05, 3.63) is 34.3 Å². The summed E-state index contributed by atoms with van der Waals surface area (Å²) < 4.78 is 0.930. The van der Waals surface area contributed by atoms with Crippen molar-refractivity contribution in [2.24, 2.45) is 5.73 Å². The first-order chi connectivity index (χ1) is 10.5. The molecule has 126 valence electrons. The Morgan fingerprint density at radius 2 is 1.83 bits per heavy atom. The monoisotopic (exact) mass is 381 g/mol.